The first-order valence-electron chi connectivity index (χ1n) is 5.48. The molecule has 16 heavy (non-hydrogen) atoms. The first kappa shape index (κ1) is 10.9. The number of nitrogens with one attached hydrogen (secondary N) is 1. The van der Waals surface area contributed by atoms with Crippen LogP contribution in [0.4, 0.5) is 0 Å². The SMILES string of the molecule is C=C/C(=N\n1ccnc1C)N1CCNCC1. The van der Waals surface area contributed by atoms with Crippen LogP contribution < -0.4 is 5.32 Å². The largest absolute Gasteiger partial charge is 0.353 e. The van der Waals surface area contributed by atoms with E-state index in [1.54, 1.807) is 16.9 Å². The number of nitrogens with zero attached hydrogens (tertiary/aromatic N) is 4. The third-order valence-electron chi connectivity index (χ3n) is 2.63. The Morgan fingerprint density at radius 2 is 2.31 bits per heavy atom. The molecule has 0 bridgehead atoms. The molecule has 0 saturated carbocycles. The summed E-state index contributed by atoms with van der Waals surface area (Å²) in [5.74, 6) is 1.79. The van der Waals surface area contributed by atoms with Gasteiger partial charge in [0.05, 0.1) is 0 Å². The lowest BCUT2D eigenvalue weighted by molar-refractivity contribution is 0.357. The van der Waals surface area contributed by atoms with Crippen LogP contribution in [0.2, 0.25) is 0 Å². The Bertz CT molecular complexity index is 387. The third kappa shape index (κ3) is 2.30. The zero-order chi connectivity index (χ0) is 11.4. The number of piperazine rings is 1. The molecule has 0 aromatic carbocycles. The molecule has 0 aliphatic carbocycles. The van der Waals surface area contributed by atoms with Crippen molar-refractivity contribution in [3.8, 4) is 0 Å². The van der Waals surface area contributed by atoms with Crippen LogP contribution in [-0.2, 0) is 0 Å². The highest BCUT2D eigenvalue weighted by Gasteiger charge is 2.12. The van der Waals surface area contributed by atoms with Crippen molar-refractivity contribution in [1.82, 2.24) is 19.9 Å². The lowest BCUT2D eigenvalue weighted by Crippen LogP contribution is -2.46. The molecule has 1 aromatic heterocycles. The van der Waals surface area contributed by atoms with Gasteiger partial charge in [-0.3, -0.25) is 0 Å². The van der Waals surface area contributed by atoms with E-state index in [-0.39, 0.29) is 0 Å². The van der Waals surface area contributed by atoms with E-state index in [9.17, 15) is 0 Å². The monoisotopic (exact) mass is 219 g/mol. The van der Waals surface area contributed by atoms with E-state index >= 15 is 0 Å². The molecule has 5 heteroatoms. The molecule has 0 spiro atoms. The fourth-order valence-corrected chi connectivity index (χ4v) is 1.71. The van der Waals surface area contributed by atoms with E-state index in [2.05, 4.69) is 26.9 Å². The van der Waals surface area contributed by atoms with Gasteiger partial charge < -0.3 is 10.2 Å². The van der Waals surface area contributed by atoms with Gasteiger partial charge in [0.25, 0.3) is 0 Å². The van der Waals surface area contributed by atoms with E-state index in [0.29, 0.717) is 0 Å². The summed E-state index contributed by atoms with van der Waals surface area (Å²) >= 11 is 0. The van der Waals surface area contributed by atoms with Crippen LogP contribution in [0, 0.1) is 6.92 Å². The van der Waals surface area contributed by atoms with Gasteiger partial charge in [0.15, 0.2) is 0 Å². The van der Waals surface area contributed by atoms with E-state index in [1.165, 1.54) is 0 Å². The fourth-order valence-electron chi connectivity index (χ4n) is 1.71. The van der Waals surface area contributed by atoms with Crippen molar-refractivity contribution in [2.75, 3.05) is 26.2 Å². The summed E-state index contributed by atoms with van der Waals surface area (Å²) in [7, 11) is 0. The molecule has 0 unspecified atom stereocenters. The molecule has 86 valence electrons. The summed E-state index contributed by atoms with van der Waals surface area (Å²) in [6, 6.07) is 0. The number of imidazole rings is 1. The van der Waals surface area contributed by atoms with E-state index in [1.807, 2.05) is 13.1 Å². The molecule has 1 aliphatic rings. The molecule has 1 aliphatic heterocycles. The number of hydrogen-bond acceptors (Lipinski definition) is 3. The second-order valence-electron chi connectivity index (χ2n) is 3.72. The van der Waals surface area contributed by atoms with Gasteiger partial charge in [-0.15, -0.1) is 5.10 Å². The van der Waals surface area contributed by atoms with E-state index < -0.39 is 0 Å². The van der Waals surface area contributed by atoms with Crippen molar-refractivity contribution in [1.29, 1.82) is 0 Å². The highest BCUT2D eigenvalue weighted by atomic mass is 15.4. The molecular formula is C11H17N5. The summed E-state index contributed by atoms with van der Waals surface area (Å²) < 4.78 is 1.78. The minimum Gasteiger partial charge on any atom is -0.353 e. The molecule has 1 fully saturated rings. The van der Waals surface area contributed by atoms with Crippen molar-refractivity contribution in [2.45, 2.75) is 6.92 Å². The van der Waals surface area contributed by atoms with Crippen LogP contribution >= 0.6 is 0 Å². The molecule has 1 saturated heterocycles. The number of hydrogen-bond donors (Lipinski definition) is 1. The average molecular weight is 219 g/mol. The van der Waals surface area contributed by atoms with Crippen LogP contribution in [0.3, 0.4) is 0 Å². The van der Waals surface area contributed by atoms with Crippen LogP contribution in [0.1, 0.15) is 5.82 Å². The number of aromatic nitrogens is 2. The van der Waals surface area contributed by atoms with Gasteiger partial charge in [0.1, 0.15) is 11.7 Å². The van der Waals surface area contributed by atoms with Crippen LogP contribution in [0.15, 0.2) is 30.2 Å². The summed E-state index contributed by atoms with van der Waals surface area (Å²) in [5, 5.41) is 7.83. The second kappa shape index (κ2) is 4.94. The topological polar surface area (TPSA) is 45.5 Å². The molecule has 1 N–H and O–H groups in total. The average Bonchev–Trinajstić information content (AvgIpc) is 2.73. The molecule has 0 atom stereocenters. The number of aryl methyl sites for hydroxylation is 1. The smallest absolute Gasteiger partial charge is 0.149 e. The highest BCUT2D eigenvalue weighted by molar-refractivity contribution is 5.92. The molecule has 1 aromatic rings. The van der Waals surface area contributed by atoms with Crippen LogP contribution in [0.25, 0.3) is 0 Å². The number of amidine groups is 1. The minimum absolute atomic E-state index is 0.884. The lowest BCUT2D eigenvalue weighted by Gasteiger charge is -2.28. The molecule has 0 radical (unpaired) electrons. The van der Waals surface area contributed by atoms with Crippen molar-refractivity contribution < 1.29 is 0 Å². The van der Waals surface area contributed by atoms with Crippen molar-refractivity contribution in [3.05, 3.63) is 30.9 Å². The van der Waals surface area contributed by atoms with Gasteiger partial charge in [0, 0.05) is 38.6 Å². The summed E-state index contributed by atoms with van der Waals surface area (Å²) in [5.41, 5.74) is 0. The Labute approximate surface area is 95.5 Å². The van der Waals surface area contributed by atoms with Gasteiger partial charge in [-0.2, -0.15) is 0 Å². The summed E-state index contributed by atoms with van der Waals surface area (Å²) in [4.78, 5) is 6.36. The Hall–Kier alpha value is -1.62. The number of rotatable bonds is 2. The van der Waals surface area contributed by atoms with Gasteiger partial charge in [-0.25, -0.2) is 9.66 Å². The maximum Gasteiger partial charge on any atom is 0.149 e. The fraction of sp³-hybridized carbons (Fsp3) is 0.455. The molecule has 2 heterocycles. The van der Waals surface area contributed by atoms with Gasteiger partial charge in [-0.1, -0.05) is 6.58 Å². The quantitative estimate of drug-likeness (QED) is 0.580. The predicted molar refractivity (Wildman–Crippen MR) is 64.4 cm³/mol. The Balaban J connectivity index is 2.18. The van der Waals surface area contributed by atoms with Crippen molar-refractivity contribution in [3.63, 3.8) is 0 Å². The van der Waals surface area contributed by atoms with Crippen LogP contribution in [0.5, 0.6) is 0 Å². The minimum atomic E-state index is 0.884. The second-order valence-corrected chi connectivity index (χ2v) is 3.72. The lowest BCUT2D eigenvalue weighted by atomic mass is 10.3. The normalized spacial score (nSPS) is 17.6. The Morgan fingerprint density at radius 1 is 1.56 bits per heavy atom. The van der Waals surface area contributed by atoms with E-state index in [0.717, 1.165) is 37.8 Å². The zero-order valence-corrected chi connectivity index (χ0v) is 9.56. The van der Waals surface area contributed by atoms with Crippen molar-refractivity contribution in [2.24, 2.45) is 5.10 Å². The zero-order valence-electron chi connectivity index (χ0n) is 9.56. The highest BCUT2D eigenvalue weighted by Crippen LogP contribution is 2.00. The first-order chi connectivity index (χ1) is 7.81. The molecular weight excluding hydrogens is 202 g/mol. The Morgan fingerprint density at radius 3 is 2.88 bits per heavy atom. The van der Waals surface area contributed by atoms with Crippen molar-refractivity contribution >= 4 is 5.84 Å². The van der Waals surface area contributed by atoms with Gasteiger partial charge in [0.2, 0.25) is 0 Å². The van der Waals surface area contributed by atoms with Gasteiger partial charge >= 0.3 is 0 Å². The summed E-state index contributed by atoms with van der Waals surface area (Å²) in [6.45, 7) is 9.69. The summed E-state index contributed by atoms with van der Waals surface area (Å²) in [6.07, 6.45) is 5.39. The van der Waals surface area contributed by atoms with E-state index in [4.69, 9.17) is 0 Å². The molecule has 2 rings (SSSR count). The third-order valence-corrected chi connectivity index (χ3v) is 2.63. The predicted octanol–water partition coefficient (Wildman–Crippen LogP) is 0.444. The van der Waals surface area contributed by atoms with Crippen LogP contribution in [-0.4, -0.2) is 46.6 Å². The van der Waals surface area contributed by atoms with Gasteiger partial charge in [-0.05, 0) is 13.0 Å². The maximum absolute atomic E-state index is 4.51. The first-order valence-corrected chi connectivity index (χ1v) is 5.48. The maximum atomic E-state index is 4.51. The molecule has 0 amide bonds. The Kier molecular flexibility index (Phi) is 3.36. The molecule has 5 nitrogen and oxygen atoms in total. The standard InChI is InChI=1S/C11H17N5/c1-3-11(15-7-4-12-5-8-15)14-16-9-6-13-10(16)2/h3,6,9,12H,1,4-5,7-8H2,2H3/b14-11+.